The Morgan fingerprint density at radius 3 is 2.50 bits per heavy atom. The highest BCUT2D eigenvalue weighted by atomic mass is 32.2. The summed E-state index contributed by atoms with van der Waals surface area (Å²) in [6.07, 6.45) is 2.53. The maximum absolute atomic E-state index is 10.9. The van der Waals surface area contributed by atoms with Gasteiger partial charge in [0.2, 0.25) is 10.0 Å². The van der Waals surface area contributed by atoms with E-state index in [4.69, 9.17) is 0 Å². The summed E-state index contributed by atoms with van der Waals surface area (Å²) in [6.45, 7) is 1.85. The van der Waals surface area contributed by atoms with Crippen LogP contribution in [0.2, 0.25) is 0 Å². The minimum atomic E-state index is -2.96. The SMILES string of the molecule is CCCS(=O)(=O)NCSC. The van der Waals surface area contributed by atoms with E-state index in [0.717, 1.165) is 0 Å². The molecule has 0 aliphatic carbocycles. The average molecular weight is 183 g/mol. The monoisotopic (exact) mass is 183 g/mol. The summed E-state index contributed by atoms with van der Waals surface area (Å²) < 4.78 is 24.2. The Kier molecular flexibility index (Phi) is 5.11. The van der Waals surface area contributed by atoms with E-state index in [1.165, 1.54) is 11.8 Å². The van der Waals surface area contributed by atoms with Crippen molar-refractivity contribution in [1.82, 2.24) is 4.72 Å². The van der Waals surface area contributed by atoms with E-state index in [1.54, 1.807) is 0 Å². The lowest BCUT2D eigenvalue weighted by Gasteiger charge is -2.01. The number of hydrogen-bond acceptors (Lipinski definition) is 3. The predicted octanol–water partition coefficient (Wildman–Crippen LogP) is 0.636. The number of hydrogen-bond donors (Lipinski definition) is 1. The van der Waals surface area contributed by atoms with Gasteiger partial charge in [-0.05, 0) is 12.7 Å². The van der Waals surface area contributed by atoms with Crippen LogP contribution in [0, 0.1) is 0 Å². The molecule has 10 heavy (non-hydrogen) atoms. The van der Waals surface area contributed by atoms with Gasteiger partial charge in [-0.1, -0.05) is 6.92 Å². The molecule has 0 aliphatic rings. The molecular weight excluding hydrogens is 170 g/mol. The van der Waals surface area contributed by atoms with Crippen molar-refractivity contribution in [2.24, 2.45) is 0 Å². The van der Waals surface area contributed by atoms with Crippen molar-refractivity contribution in [1.29, 1.82) is 0 Å². The van der Waals surface area contributed by atoms with E-state index in [-0.39, 0.29) is 5.75 Å². The first-order valence-electron chi connectivity index (χ1n) is 3.08. The fraction of sp³-hybridized carbons (Fsp3) is 1.00. The maximum atomic E-state index is 10.9. The van der Waals surface area contributed by atoms with Crippen LogP contribution in [0.1, 0.15) is 13.3 Å². The normalized spacial score (nSPS) is 11.8. The molecule has 0 bridgehead atoms. The molecule has 0 aromatic rings. The van der Waals surface area contributed by atoms with Crippen LogP contribution in [0.25, 0.3) is 0 Å². The number of sulfonamides is 1. The second kappa shape index (κ2) is 4.98. The van der Waals surface area contributed by atoms with Gasteiger partial charge in [-0.3, -0.25) is 0 Å². The van der Waals surface area contributed by atoms with Gasteiger partial charge in [0, 0.05) is 0 Å². The summed E-state index contributed by atoms with van der Waals surface area (Å²) in [5, 5.41) is 0. The van der Waals surface area contributed by atoms with Crippen molar-refractivity contribution in [3.05, 3.63) is 0 Å². The van der Waals surface area contributed by atoms with Crippen LogP contribution < -0.4 is 4.72 Å². The minimum Gasteiger partial charge on any atom is -0.212 e. The third-order valence-electron chi connectivity index (χ3n) is 0.896. The van der Waals surface area contributed by atoms with Crippen molar-refractivity contribution in [2.45, 2.75) is 13.3 Å². The Balaban J connectivity index is 3.65. The van der Waals surface area contributed by atoms with Crippen molar-refractivity contribution < 1.29 is 8.42 Å². The third-order valence-corrected chi connectivity index (χ3v) is 3.04. The van der Waals surface area contributed by atoms with Crippen LogP contribution in [-0.2, 0) is 10.0 Å². The molecule has 3 nitrogen and oxygen atoms in total. The van der Waals surface area contributed by atoms with Crippen LogP contribution in [0.4, 0.5) is 0 Å². The molecule has 0 aliphatic heterocycles. The summed E-state index contributed by atoms with van der Waals surface area (Å²) in [5.41, 5.74) is 0. The summed E-state index contributed by atoms with van der Waals surface area (Å²) >= 11 is 1.46. The Bertz CT molecular complexity index is 164. The zero-order chi connectivity index (χ0) is 8.04. The molecule has 62 valence electrons. The highest BCUT2D eigenvalue weighted by Crippen LogP contribution is 1.92. The molecule has 0 saturated carbocycles. The summed E-state index contributed by atoms with van der Waals surface area (Å²) in [6, 6.07) is 0. The van der Waals surface area contributed by atoms with Gasteiger partial charge in [0.05, 0.1) is 11.6 Å². The number of thioether (sulfide) groups is 1. The summed E-state index contributed by atoms with van der Waals surface area (Å²) in [5.74, 6) is 0.704. The molecule has 0 saturated heterocycles. The van der Waals surface area contributed by atoms with E-state index >= 15 is 0 Å². The lowest BCUT2D eigenvalue weighted by atomic mass is 10.6. The molecule has 0 rings (SSSR count). The average Bonchev–Trinajstić information content (AvgIpc) is 1.84. The Morgan fingerprint density at radius 2 is 2.10 bits per heavy atom. The second-order valence-corrected chi connectivity index (χ2v) is 4.69. The van der Waals surface area contributed by atoms with Gasteiger partial charge in [0.15, 0.2) is 0 Å². The van der Waals surface area contributed by atoms with Crippen LogP contribution in [0.15, 0.2) is 0 Å². The molecule has 0 aromatic heterocycles. The molecule has 0 fully saturated rings. The molecule has 1 N–H and O–H groups in total. The molecule has 0 unspecified atom stereocenters. The van der Waals surface area contributed by atoms with E-state index in [1.807, 2.05) is 13.2 Å². The van der Waals surface area contributed by atoms with Gasteiger partial charge in [-0.15, -0.1) is 11.8 Å². The smallest absolute Gasteiger partial charge is 0.212 e. The van der Waals surface area contributed by atoms with Crippen molar-refractivity contribution in [3.63, 3.8) is 0 Å². The van der Waals surface area contributed by atoms with Gasteiger partial charge in [0.25, 0.3) is 0 Å². The van der Waals surface area contributed by atoms with Gasteiger partial charge < -0.3 is 0 Å². The van der Waals surface area contributed by atoms with Gasteiger partial charge in [-0.25, -0.2) is 13.1 Å². The van der Waals surface area contributed by atoms with Crippen molar-refractivity contribution >= 4 is 21.8 Å². The van der Waals surface area contributed by atoms with Gasteiger partial charge in [0.1, 0.15) is 0 Å². The summed E-state index contributed by atoms with van der Waals surface area (Å²) in [7, 11) is -2.96. The second-order valence-electron chi connectivity index (χ2n) is 1.90. The van der Waals surface area contributed by atoms with Gasteiger partial charge >= 0.3 is 0 Å². The molecule has 0 heterocycles. The summed E-state index contributed by atoms with van der Waals surface area (Å²) in [4.78, 5) is 0. The minimum absolute atomic E-state index is 0.230. The number of rotatable bonds is 5. The zero-order valence-corrected chi connectivity index (χ0v) is 7.89. The number of nitrogens with one attached hydrogen (secondary N) is 1. The standard InChI is InChI=1S/C5H13NO2S2/c1-3-4-10(7,8)6-5-9-2/h6H,3-5H2,1-2H3. The lowest BCUT2D eigenvalue weighted by molar-refractivity contribution is 0.586. The molecule has 5 heteroatoms. The Labute approximate surface area is 66.6 Å². The van der Waals surface area contributed by atoms with E-state index < -0.39 is 10.0 Å². The quantitative estimate of drug-likeness (QED) is 0.636. The van der Waals surface area contributed by atoms with Crippen LogP contribution in [0.5, 0.6) is 0 Å². The third kappa shape index (κ3) is 5.08. The van der Waals surface area contributed by atoms with Crippen LogP contribution >= 0.6 is 11.8 Å². The highest BCUT2D eigenvalue weighted by molar-refractivity contribution is 7.99. The predicted molar refractivity (Wildman–Crippen MR) is 45.6 cm³/mol. The largest absolute Gasteiger partial charge is 0.212 e. The molecule has 0 atom stereocenters. The van der Waals surface area contributed by atoms with E-state index in [9.17, 15) is 8.42 Å². The van der Waals surface area contributed by atoms with Crippen LogP contribution in [0.3, 0.4) is 0 Å². The van der Waals surface area contributed by atoms with Crippen LogP contribution in [-0.4, -0.2) is 26.3 Å². The highest BCUT2D eigenvalue weighted by Gasteiger charge is 2.05. The fourth-order valence-corrected chi connectivity index (χ4v) is 2.36. The lowest BCUT2D eigenvalue weighted by Crippen LogP contribution is -2.25. The first kappa shape index (κ1) is 10.3. The molecule has 0 spiro atoms. The van der Waals surface area contributed by atoms with Crippen molar-refractivity contribution in [3.8, 4) is 0 Å². The molecular formula is C5H13NO2S2. The topological polar surface area (TPSA) is 46.2 Å². The first-order chi connectivity index (χ1) is 4.62. The molecule has 0 radical (unpaired) electrons. The Hall–Kier alpha value is 0.260. The van der Waals surface area contributed by atoms with Crippen molar-refractivity contribution in [2.75, 3.05) is 17.9 Å². The van der Waals surface area contributed by atoms with E-state index in [2.05, 4.69) is 4.72 Å². The van der Waals surface area contributed by atoms with Gasteiger partial charge in [-0.2, -0.15) is 0 Å². The zero-order valence-electron chi connectivity index (χ0n) is 6.25. The maximum Gasteiger partial charge on any atom is 0.212 e. The first-order valence-corrected chi connectivity index (χ1v) is 6.13. The Morgan fingerprint density at radius 1 is 1.50 bits per heavy atom. The molecule has 0 aromatic carbocycles. The van der Waals surface area contributed by atoms with E-state index in [0.29, 0.717) is 12.3 Å². The molecule has 0 amide bonds. The fourth-order valence-electron chi connectivity index (χ4n) is 0.490.